The third-order valence-corrected chi connectivity index (χ3v) is 4.32. The highest BCUT2D eigenvalue weighted by molar-refractivity contribution is 6.03. The Morgan fingerprint density at radius 2 is 1.80 bits per heavy atom. The van der Waals surface area contributed by atoms with Crippen LogP contribution in [0.5, 0.6) is 5.75 Å². The van der Waals surface area contributed by atoms with Crippen molar-refractivity contribution in [3.63, 3.8) is 0 Å². The van der Waals surface area contributed by atoms with E-state index in [0.717, 1.165) is 33.3 Å². The Bertz CT molecular complexity index is 896. The molecule has 0 spiro atoms. The minimum absolute atomic E-state index is 0.125. The van der Waals surface area contributed by atoms with E-state index in [-0.39, 0.29) is 5.91 Å². The summed E-state index contributed by atoms with van der Waals surface area (Å²) in [6, 6.07) is 20.0. The van der Waals surface area contributed by atoms with Crippen molar-refractivity contribution >= 4 is 22.4 Å². The van der Waals surface area contributed by atoms with E-state index in [0.29, 0.717) is 6.42 Å². The molecule has 0 saturated carbocycles. The van der Waals surface area contributed by atoms with Crippen LogP contribution in [0.1, 0.15) is 24.5 Å². The molecule has 0 bridgehead atoms. The number of amides is 1. The number of anilines is 1. The first-order valence-electron chi connectivity index (χ1n) is 8.61. The molecule has 3 aromatic carbocycles. The number of rotatable bonds is 5. The molecule has 1 atom stereocenters. The molecule has 1 N–H and O–H groups in total. The molecular weight excluding hydrogens is 310 g/mol. The Kier molecular flexibility index (Phi) is 5.03. The fourth-order valence-electron chi connectivity index (χ4n) is 2.86. The van der Waals surface area contributed by atoms with Gasteiger partial charge in [0.15, 0.2) is 6.10 Å². The standard InChI is InChI=1S/C22H23NO2/c1-4-20(25-21-14-15(2)12-13-16(21)3)22(24)23-19-11-7-9-17-8-5-6-10-18(17)19/h5-14,20H,4H2,1-3H3,(H,23,24)/t20-/m0/s1. The van der Waals surface area contributed by atoms with Gasteiger partial charge in [-0.2, -0.15) is 0 Å². The predicted molar refractivity (Wildman–Crippen MR) is 103 cm³/mol. The van der Waals surface area contributed by atoms with Crippen LogP contribution in [0, 0.1) is 13.8 Å². The number of aryl methyl sites for hydroxylation is 2. The lowest BCUT2D eigenvalue weighted by Crippen LogP contribution is -2.32. The SMILES string of the molecule is CC[C@H](Oc1cc(C)ccc1C)C(=O)Nc1cccc2ccccc12. The number of ether oxygens (including phenoxy) is 1. The van der Waals surface area contributed by atoms with Gasteiger partial charge in [-0.3, -0.25) is 4.79 Å². The van der Waals surface area contributed by atoms with Crippen molar-refractivity contribution in [1.82, 2.24) is 0 Å². The summed E-state index contributed by atoms with van der Waals surface area (Å²) in [7, 11) is 0. The zero-order chi connectivity index (χ0) is 17.8. The molecule has 25 heavy (non-hydrogen) atoms. The van der Waals surface area contributed by atoms with Crippen LogP contribution < -0.4 is 10.1 Å². The monoisotopic (exact) mass is 333 g/mol. The molecule has 0 heterocycles. The van der Waals surface area contributed by atoms with Crippen molar-refractivity contribution in [3.8, 4) is 5.75 Å². The fourth-order valence-corrected chi connectivity index (χ4v) is 2.86. The second-order valence-corrected chi connectivity index (χ2v) is 6.30. The molecule has 0 radical (unpaired) electrons. The van der Waals surface area contributed by atoms with Gasteiger partial charge in [0.05, 0.1) is 0 Å². The molecule has 0 unspecified atom stereocenters. The maximum Gasteiger partial charge on any atom is 0.265 e. The zero-order valence-electron chi connectivity index (χ0n) is 14.9. The molecule has 0 fully saturated rings. The number of benzene rings is 3. The quantitative estimate of drug-likeness (QED) is 0.692. The van der Waals surface area contributed by atoms with Gasteiger partial charge in [-0.25, -0.2) is 0 Å². The van der Waals surface area contributed by atoms with Crippen LogP contribution in [-0.4, -0.2) is 12.0 Å². The summed E-state index contributed by atoms with van der Waals surface area (Å²) in [6.45, 7) is 5.96. The second-order valence-electron chi connectivity index (χ2n) is 6.30. The fraction of sp³-hybridized carbons (Fsp3) is 0.227. The highest BCUT2D eigenvalue weighted by atomic mass is 16.5. The van der Waals surface area contributed by atoms with Gasteiger partial charge < -0.3 is 10.1 Å². The predicted octanol–water partition coefficient (Wildman–Crippen LogP) is 5.25. The molecule has 3 aromatic rings. The van der Waals surface area contributed by atoms with Crippen LogP contribution in [0.3, 0.4) is 0 Å². The molecular formula is C22H23NO2. The van der Waals surface area contributed by atoms with Gasteiger partial charge in [0.1, 0.15) is 5.75 Å². The first-order chi connectivity index (χ1) is 12.1. The zero-order valence-corrected chi connectivity index (χ0v) is 14.9. The van der Waals surface area contributed by atoms with Crippen molar-refractivity contribution in [2.45, 2.75) is 33.3 Å². The van der Waals surface area contributed by atoms with Crippen molar-refractivity contribution in [3.05, 3.63) is 71.8 Å². The molecule has 3 nitrogen and oxygen atoms in total. The van der Waals surface area contributed by atoms with Gasteiger partial charge >= 0.3 is 0 Å². The minimum Gasteiger partial charge on any atom is -0.480 e. The number of fused-ring (bicyclic) bond motifs is 1. The Hall–Kier alpha value is -2.81. The van der Waals surface area contributed by atoms with Crippen LogP contribution in [0.4, 0.5) is 5.69 Å². The van der Waals surface area contributed by atoms with Gasteiger partial charge in [-0.1, -0.05) is 55.5 Å². The Morgan fingerprint density at radius 3 is 2.60 bits per heavy atom. The maximum atomic E-state index is 12.8. The molecule has 3 heteroatoms. The molecule has 1 amide bonds. The lowest BCUT2D eigenvalue weighted by Gasteiger charge is -2.19. The van der Waals surface area contributed by atoms with Crippen molar-refractivity contribution in [1.29, 1.82) is 0 Å². The van der Waals surface area contributed by atoms with E-state index in [9.17, 15) is 4.79 Å². The van der Waals surface area contributed by atoms with E-state index in [1.54, 1.807) is 0 Å². The summed E-state index contributed by atoms with van der Waals surface area (Å²) >= 11 is 0. The summed E-state index contributed by atoms with van der Waals surface area (Å²) in [5.74, 6) is 0.639. The molecule has 0 aromatic heterocycles. The smallest absolute Gasteiger partial charge is 0.265 e. The summed E-state index contributed by atoms with van der Waals surface area (Å²) < 4.78 is 6.01. The normalized spacial score (nSPS) is 12.0. The average molecular weight is 333 g/mol. The topological polar surface area (TPSA) is 38.3 Å². The highest BCUT2D eigenvalue weighted by Crippen LogP contribution is 2.25. The van der Waals surface area contributed by atoms with Gasteiger partial charge in [0, 0.05) is 11.1 Å². The number of nitrogens with one attached hydrogen (secondary N) is 1. The van der Waals surface area contributed by atoms with E-state index in [1.165, 1.54) is 0 Å². The first kappa shape index (κ1) is 17.0. The van der Waals surface area contributed by atoms with Crippen LogP contribution >= 0.6 is 0 Å². The van der Waals surface area contributed by atoms with E-state index < -0.39 is 6.10 Å². The summed E-state index contributed by atoms with van der Waals surface area (Å²) in [5, 5.41) is 5.15. The Morgan fingerprint density at radius 1 is 1.04 bits per heavy atom. The van der Waals surface area contributed by atoms with Gasteiger partial charge in [0.25, 0.3) is 5.91 Å². The molecule has 3 rings (SSSR count). The largest absolute Gasteiger partial charge is 0.480 e. The van der Waals surface area contributed by atoms with Crippen molar-refractivity contribution < 1.29 is 9.53 Å². The van der Waals surface area contributed by atoms with Gasteiger partial charge in [-0.05, 0) is 48.9 Å². The average Bonchev–Trinajstić information content (AvgIpc) is 2.62. The van der Waals surface area contributed by atoms with E-state index in [4.69, 9.17) is 4.74 Å². The minimum atomic E-state index is -0.528. The van der Waals surface area contributed by atoms with Crippen molar-refractivity contribution in [2.24, 2.45) is 0 Å². The summed E-state index contributed by atoms with van der Waals surface area (Å²) in [4.78, 5) is 12.8. The molecule has 128 valence electrons. The van der Waals surface area contributed by atoms with Crippen LogP contribution in [0.2, 0.25) is 0 Å². The number of hydrogen-bond donors (Lipinski definition) is 1. The summed E-state index contributed by atoms with van der Waals surface area (Å²) in [5.41, 5.74) is 2.96. The molecule has 0 aliphatic carbocycles. The number of carbonyl (C=O) groups is 1. The highest BCUT2D eigenvalue weighted by Gasteiger charge is 2.20. The lowest BCUT2D eigenvalue weighted by molar-refractivity contribution is -0.122. The maximum absolute atomic E-state index is 12.8. The first-order valence-corrected chi connectivity index (χ1v) is 8.61. The molecule has 0 saturated heterocycles. The second kappa shape index (κ2) is 7.39. The van der Waals surface area contributed by atoms with Crippen LogP contribution in [0.25, 0.3) is 10.8 Å². The van der Waals surface area contributed by atoms with Crippen molar-refractivity contribution in [2.75, 3.05) is 5.32 Å². The van der Waals surface area contributed by atoms with Crippen LogP contribution in [-0.2, 0) is 4.79 Å². The van der Waals surface area contributed by atoms with E-state index in [2.05, 4.69) is 5.32 Å². The lowest BCUT2D eigenvalue weighted by atomic mass is 10.1. The Balaban J connectivity index is 1.81. The van der Waals surface area contributed by atoms with E-state index >= 15 is 0 Å². The molecule has 0 aliphatic heterocycles. The Labute approximate surface area is 148 Å². The van der Waals surface area contributed by atoms with E-state index in [1.807, 2.05) is 81.4 Å². The third kappa shape index (κ3) is 3.82. The van der Waals surface area contributed by atoms with Crippen LogP contribution in [0.15, 0.2) is 60.7 Å². The van der Waals surface area contributed by atoms with Gasteiger partial charge in [-0.15, -0.1) is 0 Å². The number of hydrogen-bond acceptors (Lipinski definition) is 2. The third-order valence-electron chi connectivity index (χ3n) is 4.32. The van der Waals surface area contributed by atoms with Gasteiger partial charge in [0.2, 0.25) is 0 Å². The molecule has 0 aliphatic rings. The number of carbonyl (C=O) groups excluding carboxylic acids is 1. The summed E-state index contributed by atoms with van der Waals surface area (Å²) in [6.07, 6.45) is 0.0729.